The minimum atomic E-state index is -0.412. The molecule has 0 unspecified atom stereocenters. The third kappa shape index (κ3) is 2.17. The Morgan fingerprint density at radius 2 is 2.10 bits per heavy atom. The maximum atomic E-state index is 12.9. The minimum absolute atomic E-state index is 0.128. The number of carbonyl (C=O) groups is 1. The van der Waals surface area contributed by atoms with Crippen LogP contribution in [0, 0.1) is 11.8 Å². The summed E-state index contributed by atoms with van der Waals surface area (Å²) >= 11 is 0. The number of amides is 1. The largest absolute Gasteiger partial charge is 0.363 e. The molecule has 4 atom stereocenters. The number of likely N-dealkylation sites (tertiary alicyclic amines) is 1. The molecule has 2 aliphatic heterocycles. The Labute approximate surface area is 125 Å². The number of hydrogen-bond acceptors (Lipinski definition) is 3. The predicted octanol–water partition coefficient (Wildman–Crippen LogP) is 1.50. The summed E-state index contributed by atoms with van der Waals surface area (Å²) < 4.78 is 5.81. The normalized spacial score (nSPS) is 34.6. The van der Waals surface area contributed by atoms with Gasteiger partial charge in [0.1, 0.15) is 0 Å². The molecular formula is C17H22N2O2. The van der Waals surface area contributed by atoms with Crippen molar-refractivity contribution in [1.82, 2.24) is 4.90 Å². The lowest BCUT2D eigenvalue weighted by Gasteiger charge is -2.29. The second-order valence-electron chi connectivity index (χ2n) is 6.61. The van der Waals surface area contributed by atoms with Gasteiger partial charge in [0, 0.05) is 19.1 Å². The van der Waals surface area contributed by atoms with E-state index in [9.17, 15) is 4.79 Å². The lowest BCUT2D eigenvalue weighted by Crippen LogP contribution is -2.38. The number of nitrogens with two attached hydrogens (primary N) is 1. The van der Waals surface area contributed by atoms with E-state index in [1.165, 1.54) is 5.56 Å². The van der Waals surface area contributed by atoms with E-state index < -0.39 is 6.10 Å². The molecule has 1 saturated heterocycles. The first-order valence-corrected chi connectivity index (χ1v) is 7.98. The van der Waals surface area contributed by atoms with Crippen LogP contribution in [-0.4, -0.2) is 36.5 Å². The lowest BCUT2D eigenvalue weighted by molar-refractivity contribution is -0.144. The first kappa shape index (κ1) is 13.3. The molecule has 3 aliphatic rings. The highest BCUT2D eigenvalue weighted by Gasteiger charge is 2.44. The molecule has 112 valence electrons. The lowest BCUT2D eigenvalue weighted by atomic mass is 9.97. The summed E-state index contributed by atoms with van der Waals surface area (Å²) in [6.45, 7) is 2.31. The average Bonchev–Trinajstić information content (AvgIpc) is 3.08. The summed E-state index contributed by atoms with van der Waals surface area (Å²) in [5.74, 6) is 1.22. The van der Waals surface area contributed by atoms with E-state index in [0.717, 1.165) is 37.9 Å². The van der Waals surface area contributed by atoms with Gasteiger partial charge in [-0.05, 0) is 42.2 Å². The number of benzene rings is 1. The Balaban J connectivity index is 1.54. The van der Waals surface area contributed by atoms with Crippen LogP contribution in [0.25, 0.3) is 0 Å². The van der Waals surface area contributed by atoms with Crippen LogP contribution in [0.1, 0.15) is 30.1 Å². The molecule has 1 saturated carbocycles. The minimum Gasteiger partial charge on any atom is -0.363 e. The van der Waals surface area contributed by atoms with Gasteiger partial charge in [0.05, 0.1) is 6.61 Å². The molecule has 1 amide bonds. The summed E-state index contributed by atoms with van der Waals surface area (Å²) in [6, 6.07) is 8.42. The van der Waals surface area contributed by atoms with Crippen molar-refractivity contribution in [3.63, 3.8) is 0 Å². The molecule has 4 rings (SSSR count). The zero-order valence-electron chi connectivity index (χ0n) is 12.2. The molecule has 0 radical (unpaired) electrons. The van der Waals surface area contributed by atoms with Crippen molar-refractivity contribution in [2.24, 2.45) is 17.6 Å². The highest BCUT2D eigenvalue weighted by Crippen LogP contribution is 2.39. The summed E-state index contributed by atoms with van der Waals surface area (Å²) in [5, 5.41) is 0. The molecule has 0 bridgehead atoms. The van der Waals surface area contributed by atoms with Gasteiger partial charge in [-0.2, -0.15) is 0 Å². The van der Waals surface area contributed by atoms with Gasteiger partial charge >= 0.3 is 0 Å². The van der Waals surface area contributed by atoms with E-state index in [4.69, 9.17) is 10.5 Å². The van der Waals surface area contributed by atoms with Crippen molar-refractivity contribution < 1.29 is 9.53 Å². The van der Waals surface area contributed by atoms with Crippen molar-refractivity contribution >= 4 is 5.91 Å². The van der Waals surface area contributed by atoms with Crippen molar-refractivity contribution in [3.05, 3.63) is 35.4 Å². The summed E-state index contributed by atoms with van der Waals surface area (Å²) in [4.78, 5) is 14.8. The second kappa shape index (κ2) is 5.11. The maximum absolute atomic E-state index is 12.9. The molecule has 1 aromatic carbocycles. The van der Waals surface area contributed by atoms with Gasteiger partial charge in [-0.15, -0.1) is 0 Å². The number of rotatable bonds is 1. The number of nitrogens with zero attached hydrogens (tertiary/aromatic N) is 1. The zero-order valence-corrected chi connectivity index (χ0v) is 12.2. The smallest absolute Gasteiger partial charge is 0.256 e. The topological polar surface area (TPSA) is 55.6 Å². The molecule has 2 fully saturated rings. The molecule has 4 nitrogen and oxygen atoms in total. The molecule has 4 heteroatoms. The summed E-state index contributed by atoms with van der Waals surface area (Å²) in [5.41, 5.74) is 8.47. The quantitative estimate of drug-likeness (QED) is 0.851. The van der Waals surface area contributed by atoms with Crippen molar-refractivity contribution in [2.45, 2.75) is 31.4 Å². The highest BCUT2D eigenvalue weighted by molar-refractivity contribution is 5.83. The molecule has 1 aliphatic carbocycles. The van der Waals surface area contributed by atoms with Crippen LogP contribution in [0.2, 0.25) is 0 Å². The van der Waals surface area contributed by atoms with Crippen LogP contribution in [-0.2, 0) is 16.0 Å². The fourth-order valence-corrected chi connectivity index (χ4v) is 4.25. The van der Waals surface area contributed by atoms with Crippen molar-refractivity contribution in [1.29, 1.82) is 0 Å². The summed E-state index contributed by atoms with van der Waals surface area (Å²) in [7, 11) is 0. The first-order chi connectivity index (χ1) is 10.2. The van der Waals surface area contributed by atoms with Crippen LogP contribution < -0.4 is 5.73 Å². The van der Waals surface area contributed by atoms with E-state index in [1.807, 2.05) is 23.1 Å². The van der Waals surface area contributed by atoms with E-state index in [-0.39, 0.29) is 11.9 Å². The highest BCUT2D eigenvalue weighted by atomic mass is 16.5. The first-order valence-electron chi connectivity index (χ1n) is 7.98. The third-order valence-corrected chi connectivity index (χ3v) is 5.44. The average molecular weight is 286 g/mol. The van der Waals surface area contributed by atoms with Crippen LogP contribution >= 0.6 is 0 Å². The Kier molecular flexibility index (Phi) is 3.23. The number of ether oxygens (including phenoxy) is 1. The van der Waals surface area contributed by atoms with Crippen LogP contribution in [0.4, 0.5) is 0 Å². The number of carbonyl (C=O) groups excluding carboxylic acids is 1. The van der Waals surface area contributed by atoms with Crippen LogP contribution in [0.3, 0.4) is 0 Å². The standard InChI is InChI=1S/C17H22N2O2/c18-15-6-5-12-9-19(10-14(12)15)17(20)16-13-4-2-1-3-11(13)7-8-21-16/h1-4,12,14-16H,5-10,18H2/t12-,14+,15-,16-/m1/s1. The number of fused-ring (bicyclic) bond motifs is 2. The molecule has 2 heterocycles. The van der Waals surface area contributed by atoms with Crippen molar-refractivity contribution in [3.8, 4) is 0 Å². The van der Waals surface area contributed by atoms with E-state index >= 15 is 0 Å². The monoisotopic (exact) mass is 286 g/mol. The Morgan fingerprint density at radius 1 is 1.24 bits per heavy atom. The zero-order chi connectivity index (χ0) is 14.4. The second-order valence-corrected chi connectivity index (χ2v) is 6.61. The molecule has 2 N–H and O–H groups in total. The fourth-order valence-electron chi connectivity index (χ4n) is 4.25. The van der Waals surface area contributed by atoms with Gasteiger partial charge < -0.3 is 15.4 Å². The van der Waals surface area contributed by atoms with Gasteiger partial charge in [-0.3, -0.25) is 4.79 Å². The Bertz CT molecular complexity index is 559. The van der Waals surface area contributed by atoms with Crippen LogP contribution in [0.5, 0.6) is 0 Å². The van der Waals surface area contributed by atoms with Gasteiger partial charge in [0.25, 0.3) is 5.91 Å². The van der Waals surface area contributed by atoms with E-state index in [2.05, 4.69) is 6.07 Å². The molecule has 1 aromatic rings. The summed E-state index contributed by atoms with van der Waals surface area (Å²) in [6.07, 6.45) is 2.76. The van der Waals surface area contributed by atoms with Gasteiger partial charge in [0.15, 0.2) is 6.10 Å². The number of hydrogen-bond donors (Lipinski definition) is 1. The van der Waals surface area contributed by atoms with Gasteiger partial charge in [-0.1, -0.05) is 24.3 Å². The third-order valence-electron chi connectivity index (χ3n) is 5.44. The molecule has 0 spiro atoms. The predicted molar refractivity (Wildman–Crippen MR) is 79.6 cm³/mol. The Hall–Kier alpha value is -1.39. The van der Waals surface area contributed by atoms with Gasteiger partial charge in [0.2, 0.25) is 0 Å². The molecular weight excluding hydrogens is 264 g/mol. The van der Waals surface area contributed by atoms with E-state index in [1.54, 1.807) is 0 Å². The van der Waals surface area contributed by atoms with Gasteiger partial charge in [-0.25, -0.2) is 0 Å². The molecule has 21 heavy (non-hydrogen) atoms. The van der Waals surface area contributed by atoms with Crippen LogP contribution in [0.15, 0.2) is 24.3 Å². The SMILES string of the molecule is N[C@@H]1CC[C@@H]2CN(C(=O)[C@@H]3OCCc4ccccc43)C[C@@H]21. The van der Waals surface area contributed by atoms with E-state index in [0.29, 0.717) is 18.4 Å². The fraction of sp³-hybridized carbons (Fsp3) is 0.588. The van der Waals surface area contributed by atoms with Crippen molar-refractivity contribution in [2.75, 3.05) is 19.7 Å². The molecule has 0 aromatic heterocycles. The Morgan fingerprint density at radius 3 is 2.95 bits per heavy atom. The maximum Gasteiger partial charge on any atom is 0.256 e.